The Labute approximate surface area is 65.3 Å². The van der Waals surface area contributed by atoms with Gasteiger partial charge in [0.25, 0.3) is 0 Å². The molecule has 1 spiro atoms. The fraction of sp³-hybridized carbons (Fsp3) is 0.556. The van der Waals surface area contributed by atoms with E-state index in [1.807, 2.05) is 6.92 Å². The topological polar surface area (TPSA) is 34.1 Å². The van der Waals surface area contributed by atoms with Crippen molar-refractivity contribution in [2.24, 2.45) is 11.3 Å². The number of carbonyl (C=O) groups excluding carboxylic acids is 2. The second kappa shape index (κ2) is 1.81. The summed E-state index contributed by atoms with van der Waals surface area (Å²) in [4.78, 5) is 22.3. The van der Waals surface area contributed by atoms with E-state index in [0.717, 1.165) is 6.42 Å². The lowest BCUT2D eigenvalue weighted by Crippen LogP contribution is -2.23. The van der Waals surface area contributed by atoms with Crippen LogP contribution in [0.1, 0.15) is 19.8 Å². The van der Waals surface area contributed by atoms with Gasteiger partial charge in [-0.05, 0) is 24.5 Å². The maximum absolute atomic E-state index is 11.3. The van der Waals surface area contributed by atoms with Crippen molar-refractivity contribution in [2.75, 3.05) is 0 Å². The molecule has 0 aromatic carbocycles. The maximum atomic E-state index is 11.3. The molecule has 0 bridgehead atoms. The van der Waals surface area contributed by atoms with Crippen molar-refractivity contribution in [3.63, 3.8) is 0 Å². The highest BCUT2D eigenvalue weighted by Gasteiger charge is 2.57. The van der Waals surface area contributed by atoms with Crippen molar-refractivity contribution in [1.82, 2.24) is 0 Å². The minimum atomic E-state index is -0.258. The zero-order chi connectivity index (χ0) is 8.06. The highest BCUT2D eigenvalue weighted by molar-refractivity contribution is 6.09. The molecule has 1 saturated carbocycles. The van der Waals surface area contributed by atoms with Gasteiger partial charge >= 0.3 is 0 Å². The van der Waals surface area contributed by atoms with Crippen LogP contribution in [0.5, 0.6) is 0 Å². The first-order valence-electron chi connectivity index (χ1n) is 3.90. The Kier molecular flexibility index (Phi) is 1.12. The predicted molar refractivity (Wildman–Crippen MR) is 40.0 cm³/mol. The largest absolute Gasteiger partial charge is 0.295 e. The molecule has 2 unspecified atom stereocenters. The molecule has 2 heteroatoms. The summed E-state index contributed by atoms with van der Waals surface area (Å²) in [6.07, 6.45) is 4.19. The number of ketones is 2. The Bertz CT molecular complexity index is 265. The molecule has 0 saturated heterocycles. The van der Waals surface area contributed by atoms with Crippen molar-refractivity contribution in [1.29, 1.82) is 0 Å². The first-order chi connectivity index (χ1) is 5.15. The number of hydrogen-bond acceptors (Lipinski definition) is 2. The fourth-order valence-electron chi connectivity index (χ4n) is 1.87. The van der Waals surface area contributed by atoms with E-state index in [-0.39, 0.29) is 17.0 Å². The van der Waals surface area contributed by atoms with Crippen LogP contribution in [0.3, 0.4) is 0 Å². The van der Waals surface area contributed by atoms with E-state index in [4.69, 9.17) is 0 Å². The molecule has 2 rings (SSSR count). The Morgan fingerprint density at radius 2 is 2.09 bits per heavy atom. The first-order valence-corrected chi connectivity index (χ1v) is 3.90. The van der Waals surface area contributed by atoms with Crippen LogP contribution >= 0.6 is 0 Å². The fourth-order valence-corrected chi connectivity index (χ4v) is 1.87. The van der Waals surface area contributed by atoms with E-state index < -0.39 is 0 Å². The summed E-state index contributed by atoms with van der Waals surface area (Å²) in [6, 6.07) is 0. The SMILES string of the molecule is CC1CC12CC(=O)C=CC2=O. The van der Waals surface area contributed by atoms with Gasteiger partial charge < -0.3 is 0 Å². The number of allylic oxidation sites excluding steroid dienone is 2. The third kappa shape index (κ3) is 0.785. The molecule has 2 aliphatic carbocycles. The van der Waals surface area contributed by atoms with Crippen LogP contribution in [-0.2, 0) is 9.59 Å². The summed E-state index contributed by atoms with van der Waals surface area (Å²) >= 11 is 0. The molecule has 0 heterocycles. The highest BCUT2D eigenvalue weighted by atomic mass is 16.1. The van der Waals surface area contributed by atoms with Crippen LogP contribution in [0.15, 0.2) is 12.2 Å². The Hall–Kier alpha value is -0.920. The second-order valence-electron chi connectivity index (χ2n) is 3.60. The Morgan fingerprint density at radius 3 is 2.55 bits per heavy atom. The number of carbonyl (C=O) groups is 2. The number of rotatable bonds is 0. The summed E-state index contributed by atoms with van der Waals surface area (Å²) in [6.45, 7) is 2.03. The molecule has 2 aliphatic rings. The van der Waals surface area contributed by atoms with Crippen LogP contribution in [0, 0.1) is 11.3 Å². The van der Waals surface area contributed by atoms with Gasteiger partial charge in [-0.2, -0.15) is 0 Å². The zero-order valence-electron chi connectivity index (χ0n) is 6.46. The average molecular weight is 150 g/mol. The summed E-state index contributed by atoms with van der Waals surface area (Å²) in [7, 11) is 0. The Balaban J connectivity index is 2.31. The minimum absolute atomic E-state index is 0.106. The van der Waals surface area contributed by atoms with Gasteiger partial charge in [-0.1, -0.05) is 6.92 Å². The highest BCUT2D eigenvalue weighted by Crippen LogP contribution is 2.57. The van der Waals surface area contributed by atoms with Crippen molar-refractivity contribution in [2.45, 2.75) is 19.8 Å². The number of hydrogen-bond donors (Lipinski definition) is 0. The third-order valence-corrected chi connectivity index (χ3v) is 2.85. The van der Waals surface area contributed by atoms with Gasteiger partial charge in [-0.25, -0.2) is 0 Å². The molecular weight excluding hydrogens is 140 g/mol. The molecule has 0 radical (unpaired) electrons. The van der Waals surface area contributed by atoms with E-state index in [0.29, 0.717) is 12.3 Å². The van der Waals surface area contributed by atoms with Crippen molar-refractivity contribution in [3.05, 3.63) is 12.2 Å². The standard InChI is InChI=1S/C9H10O2/c1-6-4-9(6)5-7(10)2-3-8(9)11/h2-3,6H,4-5H2,1H3. The first kappa shape index (κ1) is 6.77. The van der Waals surface area contributed by atoms with Crippen molar-refractivity contribution < 1.29 is 9.59 Å². The normalized spacial score (nSPS) is 41.7. The molecule has 2 atom stereocenters. The molecule has 0 N–H and O–H groups in total. The van der Waals surface area contributed by atoms with E-state index in [1.165, 1.54) is 12.2 Å². The van der Waals surface area contributed by atoms with Gasteiger partial charge in [0.15, 0.2) is 11.6 Å². The Morgan fingerprint density at radius 1 is 1.45 bits per heavy atom. The van der Waals surface area contributed by atoms with Crippen molar-refractivity contribution in [3.8, 4) is 0 Å². The third-order valence-electron chi connectivity index (χ3n) is 2.85. The summed E-state index contributed by atoms with van der Waals surface area (Å²) in [5.74, 6) is 0.683. The summed E-state index contributed by atoms with van der Waals surface area (Å²) in [5.41, 5.74) is -0.258. The molecule has 1 fully saturated rings. The van der Waals surface area contributed by atoms with E-state index in [1.54, 1.807) is 0 Å². The zero-order valence-corrected chi connectivity index (χ0v) is 6.46. The van der Waals surface area contributed by atoms with Gasteiger partial charge in [0.1, 0.15) is 0 Å². The molecule has 0 aliphatic heterocycles. The lowest BCUT2D eigenvalue weighted by Gasteiger charge is -2.14. The smallest absolute Gasteiger partial charge is 0.162 e. The van der Waals surface area contributed by atoms with Crippen LogP contribution in [-0.4, -0.2) is 11.6 Å². The van der Waals surface area contributed by atoms with Crippen molar-refractivity contribution >= 4 is 11.6 Å². The second-order valence-corrected chi connectivity index (χ2v) is 3.60. The van der Waals surface area contributed by atoms with Gasteiger partial charge in [-0.3, -0.25) is 9.59 Å². The quantitative estimate of drug-likeness (QED) is 0.518. The molecule has 0 amide bonds. The van der Waals surface area contributed by atoms with E-state index in [9.17, 15) is 9.59 Å². The van der Waals surface area contributed by atoms with Gasteiger partial charge in [0.05, 0.1) is 0 Å². The van der Waals surface area contributed by atoms with Crippen LogP contribution in [0.2, 0.25) is 0 Å². The molecule has 0 aromatic rings. The van der Waals surface area contributed by atoms with Gasteiger partial charge in [0, 0.05) is 11.8 Å². The monoisotopic (exact) mass is 150 g/mol. The molecule has 2 nitrogen and oxygen atoms in total. The van der Waals surface area contributed by atoms with Crippen LogP contribution in [0.25, 0.3) is 0 Å². The van der Waals surface area contributed by atoms with Gasteiger partial charge in [-0.15, -0.1) is 0 Å². The lowest BCUT2D eigenvalue weighted by molar-refractivity contribution is -0.126. The molecule has 0 aromatic heterocycles. The average Bonchev–Trinajstić information content (AvgIpc) is 2.55. The lowest BCUT2D eigenvalue weighted by atomic mass is 9.87. The van der Waals surface area contributed by atoms with Crippen LogP contribution < -0.4 is 0 Å². The summed E-state index contributed by atoms with van der Waals surface area (Å²) in [5, 5.41) is 0. The predicted octanol–water partition coefficient (Wildman–Crippen LogP) is 1.11. The van der Waals surface area contributed by atoms with Crippen LogP contribution in [0.4, 0.5) is 0 Å². The van der Waals surface area contributed by atoms with E-state index >= 15 is 0 Å². The molecule has 58 valence electrons. The maximum Gasteiger partial charge on any atom is 0.162 e. The van der Waals surface area contributed by atoms with E-state index in [2.05, 4.69) is 0 Å². The molecule has 11 heavy (non-hydrogen) atoms. The molecular formula is C9H10O2. The minimum Gasteiger partial charge on any atom is -0.295 e. The summed E-state index contributed by atoms with van der Waals surface area (Å²) < 4.78 is 0. The van der Waals surface area contributed by atoms with Gasteiger partial charge in [0.2, 0.25) is 0 Å².